The van der Waals surface area contributed by atoms with E-state index in [1.54, 1.807) is 10.9 Å². The molecule has 0 saturated heterocycles. The van der Waals surface area contributed by atoms with Crippen molar-refractivity contribution in [2.75, 3.05) is 18.5 Å². The number of ether oxygens (including phenoxy) is 2. The Bertz CT molecular complexity index is 1520. The minimum atomic E-state index is -0.804. The Morgan fingerprint density at radius 2 is 1.92 bits per heavy atom. The number of aromatic nitrogens is 2. The van der Waals surface area contributed by atoms with Gasteiger partial charge in [0.1, 0.15) is 36.2 Å². The van der Waals surface area contributed by atoms with Gasteiger partial charge < -0.3 is 14.8 Å². The molecule has 5 rings (SSSR count). The van der Waals surface area contributed by atoms with Crippen LogP contribution in [0.25, 0.3) is 22.3 Å². The van der Waals surface area contributed by atoms with Gasteiger partial charge in [-0.25, -0.2) is 4.68 Å². The minimum absolute atomic E-state index is 0.103. The molecule has 0 unspecified atom stereocenters. The maximum Gasteiger partial charge on any atom is 0.296 e. The molecular weight excluding hydrogens is 482 g/mol. The number of amides is 1. The first-order valence-electron chi connectivity index (χ1n) is 10.7. The number of nitrogens with zero attached hydrogens (tertiary/aromatic N) is 4. The SMILES string of the molecule is N#C/C(=C/c1cn(-c2ccccc2)nc1-c1cccs1)C(=O)Nc1cc2c(cc1[N+](=O)[O-])OCCO2. The molecule has 0 atom stereocenters. The fourth-order valence-electron chi connectivity index (χ4n) is 3.63. The summed E-state index contributed by atoms with van der Waals surface area (Å²) < 4.78 is 12.5. The van der Waals surface area contributed by atoms with E-state index in [-0.39, 0.29) is 41.7 Å². The number of carbonyl (C=O) groups is 1. The molecule has 10 nitrogen and oxygen atoms in total. The van der Waals surface area contributed by atoms with Crippen molar-refractivity contribution in [3.05, 3.63) is 87.4 Å². The first-order chi connectivity index (χ1) is 17.5. The Hall–Kier alpha value is -4.95. The maximum absolute atomic E-state index is 13.0. The van der Waals surface area contributed by atoms with Crippen LogP contribution in [-0.2, 0) is 4.79 Å². The van der Waals surface area contributed by atoms with E-state index in [4.69, 9.17) is 9.47 Å². The molecule has 0 saturated carbocycles. The van der Waals surface area contributed by atoms with Crippen LogP contribution < -0.4 is 14.8 Å². The number of nitro groups is 1. The van der Waals surface area contributed by atoms with E-state index < -0.39 is 10.8 Å². The molecule has 1 aliphatic rings. The van der Waals surface area contributed by atoms with Crippen molar-refractivity contribution in [2.45, 2.75) is 0 Å². The van der Waals surface area contributed by atoms with E-state index in [1.807, 2.05) is 53.9 Å². The molecule has 2 aromatic carbocycles. The highest BCUT2D eigenvalue weighted by Crippen LogP contribution is 2.39. The van der Waals surface area contributed by atoms with E-state index in [2.05, 4.69) is 10.4 Å². The summed E-state index contributed by atoms with van der Waals surface area (Å²) in [5.74, 6) is -0.313. The minimum Gasteiger partial charge on any atom is -0.486 e. The number of carbonyl (C=O) groups excluding carboxylic acids is 1. The molecule has 178 valence electrons. The van der Waals surface area contributed by atoms with Crippen LogP contribution in [-0.4, -0.2) is 33.8 Å². The molecular formula is C25H17N5O5S. The van der Waals surface area contributed by atoms with E-state index in [0.29, 0.717) is 11.3 Å². The Labute approximate surface area is 208 Å². The second-order valence-corrected chi connectivity index (χ2v) is 8.53. The summed E-state index contributed by atoms with van der Waals surface area (Å²) in [7, 11) is 0. The number of nitro benzene ring substituents is 1. The van der Waals surface area contributed by atoms with Crippen molar-refractivity contribution in [1.82, 2.24) is 9.78 Å². The number of para-hydroxylation sites is 1. The van der Waals surface area contributed by atoms with E-state index in [1.165, 1.54) is 29.5 Å². The summed E-state index contributed by atoms with van der Waals surface area (Å²) in [6, 6.07) is 17.6. The van der Waals surface area contributed by atoms with Crippen molar-refractivity contribution in [2.24, 2.45) is 0 Å². The summed E-state index contributed by atoms with van der Waals surface area (Å²) in [6.07, 6.45) is 3.14. The van der Waals surface area contributed by atoms with Gasteiger partial charge >= 0.3 is 0 Å². The Balaban J connectivity index is 1.51. The van der Waals surface area contributed by atoms with E-state index in [0.717, 1.165) is 10.6 Å². The van der Waals surface area contributed by atoms with Crippen molar-refractivity contribution in [3.8, 4) is 33.8 Å². The monoisotopic (exact) mass is 499 g/mol. The van der Waals surface area contributed by atoms with E-state index >= 15 is 0 Å². The number of hydrogen-bond acceptors (Lipinski definition) is 8. The predicted octanol–water partition coefficient (Wildman–Crippen LogP) is 4.83. The second kappa shape index (κ2) is 9.73. The fourth-order valence-corrected chi connectivity index (χ4v) is 4.36. The zero-order valence-electron chi connectivity index (χ0n) is 18.6. The van der Waals surface area contributed by atoms with Gasteiger partial charge in [-0.2, -0.15) is 10.4 Å². The lowest BCUT2D eigenvalue weighted by atomic mass is 10.1. The molecule has 2 aromatic heterocycles. The highest BCUT2D eigenvalue weighted by molar-refractivity contribution is 7.13. The summed E-state index contributed by atoms with van der Waals surface area (Å²) in [5, 5.41) is 30.4. The lowest BCUT2D eigenvalue weighted by Crippen LogP contribution is -2.18. The Morgan fingerprint density at radius 1 is 1.17 bits per heavy atom. The van der Waals surface area contributed by atoms with Gasteiger partial charge in [0.2, 0.25) is 0 Å². The van der Waals surface area contributed by atoms with Crippen molar-refractivity contribution < 1.29 is 19.2 Å². The van der Waals surface area contributed by atoms with Gasteiger partial charge in [-0.05, 0) is 29.7 Å². The molecule has 11 heteroatoms. The first kappa shape index (κ1) is 22.8. The number of anilines is 1. The number of rotatable bonds is 6. The molecule has 3 heterocycles. The molecule has 36 heavy (non-hydrogen) atoms. The topological polar surface area (TPSA) is 132 Å². The average Bonchev–Trinajstić information content (AvgIpc) is 3.57. The van der Waals surface area contributed by atoms with Gasteiger partial charge in [-0.15, -0.1) is 11.3 Å². The van der Waals surface area contributed by atoms with Crippen LogP contribution in [0.2, 0.25) is 0 Å². The third-order valence-electron chi connectivity index (χ3n) is 5.29. The Morgan fingerprint density at radius 3 is 2.58 bits per heavy atom. The lowest BCUT2D eigenvalue weighted by Gasteiger charge is -2.19. The van der Waals surface area contributed by atoms with Crippen LogP contribution in [0.15, 0.2) is 71.7 Å². The zero-order chi connectivity index (χ0) is 25.1. The smallest absolute Gasteiger partial charge is 0.296 e. The molecule has 0 aliphatic carbocycles. The van der Waals surface area contributed by atoms with Gasteiger partial charge in [-0.1, -0.05) is 24.3 Å². The van der Waals surface area contributed by atoms with Crippen LogP contribution in [0.5, 0.6) is 11.5 Å². The van der Waals surface area contributed by atoms with Crippen molar-refractivity contribution in [1.29, 1.82) is 5.26 Å². The summed E-state index contributed by atoms with van der Waals surface area (Å²) >= 11 is 1.47. The third kappa shape index (κ3) is 4.53. The van der Waals surface area contributed by atoms with Crippen LogP contribution in [0.3, 0.4) is 0 Å². The molecule has 0 fully saturated rings. The second-order valence-electron chi connectivity index (χ2n) is 7.58. The fraction of sp³-hybridized carbons (Fsp3) is 0.0800. The molecule has 0 bridgehead atoms. The Kier molecular flexibility index (Phi) is 6.17. The summed E-state index contributed by atoms with van der Waals surface area (Å²) in [6.45, 7) is 0.541. The number of nitriles is 1. The zero-order valence-corrected chi connectivity index (χ0v) is 19.4. The van der Waals surface area contributed by atoms with Gasteiger partial charge in [0.05, 0.1) is 21.6 Å². The number of fused-ring (bicyclic) bond motifs is 1. The molecule has 4 aromatic rings. The third-order valence-corrected chi connectivity index (χ3v) is 6.16. The number of benzene rings is 2. The largest absolute Gasteiger partial charge is 0.486 e. The highest BCUT2D eigenvalue weighted by atomic mass is 32.1. The molecule has 0 radical (unpaired) electrons. The summed E-state index contributed by atoms with van der Waals surface area (Å²) in [4.78, 5) is 24.9. The average molecular weight is 500 g/mol. The molecule has 1 N–H and O–H groups in total. The first-order valence-corrected chi connectivity index (χ1v) is 11.6. The standard InChI is InChI=1S/C25H17N5O5S/c26-14-16(25(31)27-19-12-21-22(35-9-8-34-21)13-20(19)30(32)33)11-17-15-29(18-5-2-1-3-6-18)28-24(17)23-7-4-10-36-23/h1-7,10-13,15H,8-9H2,(H,27,31)/b16-11-. The highest BCUT2D eigenvalue weighted by Gasteiger charge is 2.25. The van der Waals surface area contributed by atoms with Crippen molar-refractivity contribution in [3.63, 3.8) is 0 Å². The molecule has 0 spiro atoms. The quantitative estimate of drug-likeness (QED) is 0.174. The van der Waals surface area contributed by atoms with Gasteiger partial charge in [0, 0.05) is 17.8 Å². The predicted molar refractivity (Wildman–Crippen MR) is 133 cm³/mol. The van der Waals surface area contributed by atoms with Gasteiger partial charge in [0.25, 0.3) is 11.6 Å². The maximum atomic E-state index is 13.0. The van der Waals surface area contributed by atoms with Gasteiger partial charge in [-0.3, -0.25) is 14.9 Å². The molecule has 1 aliphatic heterocycles. The lowest BCUT2D eigenvalue weighted by molar-refractivity contribution is -0.384. The van der Waals surface area contributed by atoms with Crippen LogP contribution in [0.1, 0.15) is 5.56 Å². The van der Waals surface area contributed by atoms with Crippen molar-refractivity contribution >= 4 is 34.7 Å². The van der Waals surface area contributed by atoms with Crippen LogP contribution in [0.4, 0.5) is 11.4 Å². The number of hydrogen-bond donors (Lipinski definition) is 1. The van der Waals surface area contributed by atoms with Crippen LogP contribution >= 0.6 is 11.3 Å². The van der Waals surface area contributed by atoms with Gasteiger partial charge in [0.15, 0.2) is 11.5 Å². The molecule has 1 amide bonds. The number of nitrogens with one attached hydrogen (secondary N) is 1. The number of thiophene rings is 1. The normalized spacial score (nSPS) is 12.6. The van der Waals surface area contributed by atoms with Crippen LogP contribution in [0, 0.1) is 21.4 Å². The van der Waals surface area contributed by atoms with E-state index in [9.17, 15) is 20.2 Å². The summed E-state index contributed by atoms with van der Waals surface area (Å²) in [5.41, 5.74) is 1.23.